The molecule has 1 atom stereocenters. The summed E-state index contributed by atoms with van der Waals surface area (Å²) >= 11 is 11.8. The quantitative estimate of drug-likeness (QED) is 0.928. The van der Waals surface area contributed by atoms with E-state index < -0.39 is 5.97 Å². The van der Waals surface area contributed by atoms with E-state index >= 15 is 0 Å². The molecule has 1 fully saturated rings. The summed E-state index contributed by atoms with van der Waals surface area (Å²) in [7, 11) is 0. The zero-order valence-corrected chi connectivity index (χ0v) is 12.3. The largest absolute Gasteiger partial charge is 0.480 e. The average Bonchev–Trinajstić information content (AvgIpc) is 2.32. The van der Waals surface area contributed by atoms with E-state index in [9.17, 15) is 4.79 Å². The predicted octanol–water partition coefficient (Wildman–Crippen LogP) is 2.87. The molecule has 0 bridgehead atoms. The van der Waals surface area contributed by atoms with Gasteiger partial charge in [0, 0.05) is 13.1 Å². The van der Waals surface area contributed by atoms with Crippen molar-refractivity contribution in [2.75, 3.05) is 26.2 Å². The summed E-state index contributed by atoms with van der Waals surface area (Å²) in [4.78, 5) is 12.5. The highest BCUT2D eigenvalue weighted by Gasteiger charge is 2.23. The number of hydrogen-bond acceptors (Lipinski definition) is 3. The first-order chi connectivity index (χ1) is 8.56. The molecule has 2 rings (SSSR count). The second-order valence-corrected chi connectivity index (χ2v) is 4.98. The van der Waals surface area contributed by atoms with E-state index in [2.05, 4.69) is 0 Å². The number of hydrogen-bond donors (Lipinski definition) is 1. The lowest BCUT2D eigenvalue weighted by Gasteiger charge is -2.32. The molecule has 1 N–H and O–H groups in total. The van der Waals surface area contributed by atoms with E-state index in [1.54, 1.807) is 12.1 Å². The highest BCUT2D eigenvalue weighted by molar-refractivity contribution is 6.42. The minimum Gasteiger partial charge on any atom is -0.480 e. The van der Waals surface area contributed by atoms with Crippen LogP contribution in [0.3, 0.4) is 0 Å². The number of benzene rings is 1. The molecule has 1 aliphatic rings. The number of halogens is 3. The number of carboxylic acids is 1. The number of rotatable bonds is 3. The predicted molar refractivity (Wildman–Crippen MR) is 76.5 cm³/mol. The first-order valence-electron chi connectivity index (χ1n) is 5.57. The van der Waals surface area contributed by atoms with E-state index in [-0.39, 0.29) is 25.1 Å². The number of carboxylic acid groups (broad SMARTS) is 1. The highest BCUT2D eigenvalue weighted by atomic mass is 35.5. The third kappa shape index (κ3) is 4.51. The third-order valence-corrected chi connectivity index (χ3v) is 3.56. The highest BCUT2D eigenvalue weighted by Crippen LogP contribution is 2.28. The van der Waals surface area contributed by atoms with Gasteiger partial charge >= 0.3 is 5.97 Å². The third-order valence-electron chi connectivity index (χ3n) is 2.82. The van der Waals surface area contributed by atoms with Crippen LogP contribution in [-0.2, 0) is 9.53 Å². The average molecular weight is 327 g/mol. The van der Waals surface area contributed by atoms with Gasteiger partial charge in [0.2, 0.25) is 0 Å². The number of nitrogens with zero attached hydrogens (tertiary/aromatic N) is 1. The van der Waals surface area contributed by atoms with Crippen molar-refractivity contribution in [3.05, 3.63) is 33.8 Å². The van der Waals surface area contributed by atoms with Gasteiger partial charge in [0.15, 0.2) is 0 Å². The summed E-state index contributed by atoms with van der Waals surface area (Å²) in [5.74, 6) is -0.829. The number of ether oxygens (including phenoxy) is 1. The van der Waals surface area contributed by atoms with Gasteiger partial charge in [-0.15, -0.1) is 12.4 Å². The van der Waals surface area contributed by atoms with Crippen LogP contribution in [0.15, 0.2) is 18.2 Å². The Hall–Kier alpha value is -0.520. The van der Waals surface area contributed by atoms with Gasteiger partial charge in [-0.25, -0.2) is 0 Å². The Morgan fingerprint density at radius 2 is 2.16 bits per heavy atom. The Morgan fingerprint density at radius 1 is 1.42 bits per heavy atom. The maximum absolute atomic E-state index is 10.7. The molecule has 1 saturated heterocycles. The van der Waals surface area contributed by atoms with Gasteiger partial charge in [-0.05, 0) is 17.7 Å². The van der Waals surface area contributed by atoms with Crippen LogP contribution in [0.1, 0.15) is 11.7 Å². The van der Waals surface area contributed by atoms with E-state index in [1.165, 1.54) is 0 Å². The smallest absolute Gasteiger partial charge is 0.317 e. The van der Waals surface area contributed by atoms with Crippen molar-refractivity contribution in [1.82, 2.24) is 4.90 Å². The first kappa shape index (κ1) is 16.5. The molecule has 1 aromatic rings. The van der Waals surface area contributed by atoms with Crippen molar-refractivity contribution in [1.29, 1.82) is 0 Å². The number of carbonyl (C=O) groups is 1. The SMILES string of the molecule is Cl.O=C(O)CN1CCOC(c2ccc(Cl)c(Cl)c2)C1. The van der Waals surface area contributed by atoms with Crippen LogP contribution >= 0.6 is 35.6 Å². The van der Waals surface area contributed by atoms with Gasteiger partial charge in [-0.3, -0.25) is 9.69 Å². The molecule has 0 aliphatic carbocycles. The fourth-order valence-electron chi connectivity index (χ4n) is 1.95. The Bertz CT molecular complexity index is 456. The maximum Gasteiger partial charge on any atom is 0.317 e. The van der Waals surface area contributed by atoms with Crippen molar-refractivity contribution < 1.29 is 14.6 Å². The molecule has 7 heteroatoms. The van der Waals surface area contributed by atoms with Crippen LogP contribution in [-0.4, -0.2) is 42.2 Å². The summed E-state index contributed by atoms with van der Waals surface area (Å²) < 4.78 is 5.63. The monoisotopic (exact) mass is 325 g/mol. The second-order valence-electron chi connectivity index (χ2n) is 4.16. The fraction of sp³-hybridized carbons (Fsp3) is 0.417. The first-order valence-corrected chi connectivity index (χ1v) is 6.32. The van der Waals surface area contributed by atoms with Crippen molar-refractivity contribution in [2.45, 2.75) is 6.10 Å². The Kier molecular flexibility index (Phi) is 6.36. The molecule has 106 valence electrons. The lowest BCUT2D eigenvalue weighted by Crippen LogP contribution is -2.41. The Balaban J connectivity index is 0.00000180. The Morgan fingerprint density at radius 3 is 2.79 bits per heavy atom. The maximum atomic E-state index is 10.7. The topological polar surface area (TPSA) is 49.8 Å². The zero-order valence-electron chi connectivity index (χ0n) is 10.0. The summed E-state index contributed by atoms with van der Waals surface area (Å²) in [5.41, 5.74) is 0.916. The molecule has 0 radical (unpaired) electrons. The summed E-state index contributed by atoms with van der Waals surface area (Å²) in [6.07, 6.45) is -0.159. The van der Waals surface area contributed by atoms with Crippen LogP contribution in [0.4, 0.5) is 0 Å². The van der Waals surface area contributed by atoms with Crippen LogP contribution in [0.5, 0.6) is 0 Å². The van der Waals surface area contributed by atoms with Crippen LogP contribution in [0.25, 0.3) is 0 Å². The molecule has 1 aromatic carbocycles. The molecule has 4 nitrogen and oxygen atoms in total. The van der Waals surface area contributed by atoms with Crippen LogP contribution < -0.4 is 0 Å². The fourth-order valence-corrected chi connectivity index (χ4v) is 2.26. The normalized spacial score (nSPS) is 19.8. The molecule has 1 aliphatic heterocycles. The Labute approximate surface area is 127 Å². The molecule has 1 heterocycles. The second kappa shape index (κ2) is 7.31. The molecular formula is C12H14Cl3NO3. The van der Waals surface area contributed by atoms with Crippen LogP contribution in [0.2, 0.25) is 10.0 Å². The minimum absolute atomic E-state index is 0. The summed E-state index contributed by atoms with van der Waals surface area (Å²) in [6, 6.07) is 5.33. The number of morpholine rings is 1. The van der Waals surface area contributed by atoms with Crippen molar-refractivity contribution >= 4 is 41.6 Å². The van der Waals surface area contributed by atoms with Gasteiger partial charge in [0.1, 0.15) is 0 Å². The van der Waals surface area contributed by atoms with Gasteiger partial charge < -0.3 is 9.84 Å². The van der Waals surface area contributed by atoms with E-state index in [0.29, 0.717) is 29.7 Å². The minimum atomic E-state index is -0.829. The molecule has 0 spiro atoms. The van der Waals surface area contributed by atoms with Gasteiger partial charge in [0.05, 0.1) is 29.3 Å². The van der Waals surface area contributed by atoms with E-state index in [0.717, 1.165) is 5.56 Å². The number of aliphatic carboxylic acids is 1. The van der Waals surface area contributed by atoms with Gasteiger partial charge in [0.25, 0.3) is 0 Å². The van der Waals surface area contributed by atoms with E-state index in [4.69, 9.17) is 33.0 Å². The van der Waals surface area contributed by atoms with Crippen molar-refractivity contribution in [3.8, 4) is 0 Å². The summed E-state index contributed by atoms with van der Waals surface area (Å²) in [6.45, 7) is 1.72. The van der Waals surface area contributed by atoms with E-state index in [1.807, 2.05) is 11.0 Å². The molecule has 1 unspecified atom stereocenters. The zero-order chi connectivity index (χ0) is 13.1. The summed E-state index contributed by atoms with van der Waals surface area (Å²) in [5, 5.41) is 9.76. The molecular weight excluding hydrogens is 312 g/mol. The molecule has 0 amide bonds. The van der Waals surface area contributed by atoms with Gasteiger partial charge in [-0.2, -0.15) is 0 Å². The van der Waals surface area contributed by atoms with Crippen molar-refractivity contribution in [2.24, 2.45) is 0 Å². The molecule has 0 saturated carbocycles. The van der Waals surface area contributed by atoms with Crippen LogP contribution in [0, 0.1) is 0 Å². The lowest BCUT2D eigenvalue weighted by molar-refractivity contribution is -0.140. The molecule has 0 aromatic heterocycles. The van der Waals surface area contributed by atoms with Gasteiger partial charge in [-0.1, -0.05) is 29.3 Å². The van der Waals surface area contributed by atoms with Crippen molar-refractivity contribution in [3.63, 3.8) is 0 Å². The lowest BCUT2D eigenvalue weighted by atomic mass is 10.1. The molecule has 19 heavy (non-hydrogen) atoms. The standard InChI is InChI=1S/C12H13Cl2NO3.ClH/c13-9-2-1-8(5-10(9)14)11-6-15(3-4-18-11)7-12(16)17;/h1-2,5,11H,3-4,6-7H2,(H,16,17);1H.